The van der Waals surface area contributed by atoms with E-state index in [-0.39, 0.29) is 0 Å². The molecule has 96 valence electrons. The number of aromatic amines is 1. The highest BCUT2D eigenvalue weighted by Crippen LogP contribution is 2.27. The molecule has 19 heavy (non-hydrogen) atoms. The number of nitrogens with zero attached hydrogens (tertiary/aromatic N) is 3. The zero-order valence-corrected chi connectivity index (χ0v) is 10.8. The van der Waals surface area contributed by atoms with E-state index in [1.165, 1.54) is 0 Å². The van der Waals surface area contributed by atoms with E-state index in [0.29, 0.717) is 33.8 Å². The first-order valence-electron chi connectivity index (χ1n) is 5.58. The summed E-state index contributed by atoms with van der Waals surface area (Å²) in [6, 6.07) is 7.04. The van der Waals surface area contributed by atoms with Gasteiger partial charge in [-0.3, -0.25) is 0 Å². The monoisotopic (exact) mass is 275 g/mol. The molecule has 0 amide bonds. The molecule has 3 aromatic rings. The van der Waals surface area contributed by atoms with Gasteiger partial charge in [-0.15, -0.1) is 0 Å². The molecule has 7 heteroatoms. The van der Waals surface area contributed by atoms with Crippen LogP contribution >= 0.6 is 11.6 Å². The normalized spacial score (nSPS) is 10.6. The summed E-state index contributed by atoms with van der Waals surface area (Å²) in [7, 11) is 1.74. The van der Waals surface area contributed by atoms with Gasteiger partial charge in [0.05, 0.1) is 6.33 Å². The second kappa shape index (κ2) is 4.74. The summed E-state index contributed by atoms with van der Waals surface area (Å²) in [6.07, 6.45) is 1.55. The largest absolute Gasteiger partial charge is 0.437 e. The van der Waals surface area contributed by atoms with E-state index in [1.807, 2.05) is 0 Å². The molecule has 2 N–H and O–H groups in total. The highest BCUT2D eigenvalue weighted by atomic mass is 35.5. The molecule has 2 aromatic heterocycles. The van der Waals surface area contributed by atoms with Gasteiger partial charge < -0.3 is 15.0 Å². The maximum atomic E-state index is 5.83. The Labute approximate surface area is 113 Å². The maximum absolute atomic E-state index is 5.83. The van der Waals surface area contributed by atoms with Gasteiger partial charge >= 0.3 is 0 Å². The van der Waals surface area contributed by atoms with Crippen molar-refractivity contribution in [3.05, 3.63) is 35.6 Å². The van der Waals surface area contributed by atoms with E-state index in [2.05, 4.69) is 25.3 Å². The Balaban J connectivity index is 2.03. The second-order valence-electron chi connectivity index (χ2n) is 3.76. The summed E-state index contributed by atoms with van der Waals surface area (Å²) in [4.78, 5) is 15.5. The van der Waals surface area contributed by atoms with Gasteiger partial charge in [0.15, 0.2) is 5.65 Å². The number of hydrogen-bond donors (Lipinski definition) is 2. The van der Waals surface area contributed by atoms with Gasteiger partial charge in [-0.05, 0) is 24.3 Å². The molecule has 0 saturated heterocycles. The van der Waals surface area contributed by atoms with Crippen LogP contribution in [-0.2, 0) is 0 Å². The highest BCUT2D eigenvalue weighted by Gasteiger charge is 2.11. The molecule has 6 nitrogen and oxygen atoms in total. The fourth-order valence-corrected chi connectivity index (χ4v) is 1.73. The van der Waals surface area contributed by atoms with Crippen molar-refractivity contribution in [3.8, 4) is 11.6 Å². The third-order valence-corrected chi connectivity index (χ3v) is 2.76. The van der Waals surface area contributed by atoms with Crippen molar-refractivity contribution in [2.24, 2.45) is 0 Å². The van der Waals surface area contributed by atoms with Crippen LogP contribution in [0.4, 0.5) is 5.95 Å². The van der Waals surface area contributed by atoms with Crippen LogP contribution in [0.25, 0.3) is 11.2 Å². The van der Waals surface area contributed by atoms with E-state index in [4.69, 9.17) is 16.3 Å². The molecule has 0 bridgehead atoms. The first-order valence-corrected chi connectivity index (χ1v) is 5.96. The summed E-state index contributed by atoms with van der Waals surface area (Å²) in [5.74, 6) is 1.50. The molecule has 2 heterocycles. The Morgan fingerprint density at radius 3 is 2.74 bits per heavy atom. The zero-order chi connectivity index (χ0) is 13.2. The fraction of sp³-hybridized carbons (Fsp3) is 0.0833. The Bertz CT molecular complexity index is 710. The van der Waals surface area contributed by atoms with Gasteiger partial charge in [-0.1, -0.05) is 11.6 Å². The minimum Gasteiger partial charge on any atom is -0.437 e. The van der Waals surface area contributed by atoms with Crippen molar-refractivity contribution in [2.45, 2.75) is 0 Å². The van der Waals surface area contributed by atoms with E-state index >= 15 is 0 Å². The number of halogens is 1. The van der Waals surface area contributed by atoms with E-state index in [0.717, 1.165) is 0 Å². The van der Waals surface area contributed by atoms with Gasteiger partial charge in [0.1, 0.15) is 11.3 Å². The highest BCUT2D eigenvalue weighted by molar-refractivity contribution is 6.30. The predicted molar refractivity (Wildman–Crippen MR) is 72.8 cm³/mol. The number of anilines is 1. The van der Waals surface area contributed by atoms with Crippen LogP contribution in [0, 0.1) is 0 Å². The third-order valence-electron chi connectivity index (χ3n) is 2.50. The first kappa shape index (κ1) is 11.7. The average molecular weight is 276 g/mol. The minimum atomic E-state index is 0.411. The topological polar surface area (TPSA) is 75.7 Å². The summed E-state index contributed by atoms with van der Waals surface area (Å²) in [6.45, 7) is 0. The molecule has 0 saturated carbocycles. The molecule has 0 aliphatic rings. The molecule has 0 aliphatic heterocycles. The maximum Gasteiger partial charge on any atom is 0.250 e. The van der Waals surface area contributed by atoms with Crippen molar-refractivity contribution < 1.29 is 4.74 Å². The number of benzene rings is 1. The van der Waals surface area contributed by atoms with Crippen LogP contribution in [-0.4, -0.2) is 27.0 Å². The van der Waals surface area contributed by atoms with Gasteiger partial charge in [0.2, 0.25) is 5.95 Å². The molecule has 0 radical (unpaired) electrons. The predicted octanol–water partition coefficient (Wildman–Crippen LogP) is 2.84. The molecule has 0 spiro atoms. The minimum absolute atomic E-state index is 0.411. The lowest BCUT2D eigenvalue weighted by atomic mass is 10.3. The van der Waals surface area contributed by atoms with Crippen molar-refractivity contribution in [1.82, 2.24) is 19.9 Å². The average Bonchev–Trinajstić information content (AvgIpc) is 2.89. The molecule has 3 rings (SSSR count). The summed E-state index contributed by atoms with van der Waals surface area (Å²) in [5, 5.41) is 3.52. The molecule has 0 atom stereocenters. The van der Waals surface area contributed by atoms with Crippen LogP contribution in [0.1, 0.15) is 0 Å². The quantitative estimate of drug-likeness (QED) is 0.769. The number of H-pyrrole nitrogens is 1. The number of imidazole rings is 1. The summed E-state index contributed by atoms with van der Waals surface area (Å²) < 4.78 is 5.73. The van der Waals surface area contributed by atoms with Gasteiger partial charge in [-0.2, -0.15) is 9.97 Å². The Kier molecular flexibility index (Phi) is 2.92. The molecule has 0 aliphatic carbocycles. The molecule has 0 unspecified atom stereocenters. The van der Waals surface area contributed by atoms with Crippen LogP contribution in [0.5, 0.6) is 11.6 Å². The molecular formula is C12H10ClN5O. The standard InChI is InChI=1S/C12H10ClN5O/c1-14-12-17-10-9(15-6-16-10)11(18-12)19-8-4-2-7(13)3-5-8/h2-6H,1H3,(H2,14,15,16,17,18). The Morgan fingerprint density at radius 2 is 2.00 bits per heavy atom. The first-order chi connectivity index (χ1) is 9.26. The van der Waals surface area contributed by atoms with Crippen molar-refractivity contribution in [3.63, 3.8) is 0 Å². The molecule has 0 fully saturated rings. The Morgan fingerprint density at radius 1 is 1.21 bits per heavy atom. The Hall–Kier alpha value is -2.34. The van der Waals surface area contributed by atoms with Crippen molar-refractivity contribution >= 4 is 28.7 Å². The van der Waals surface area contributed by atoms with Gasteiger partial charge in [0.25, 0.3) is 5.88 Å². The number of fused-ring (bicyclic) bond motifs is 1. The van der Waals surface area contributed by atoms with Crippen LogP contribution in [0.15, 0.2) is 30.6 Å². The zero-order valence-electron chi connectivity index (χ0n) is 10.0. The van der Waals surface area contributed by atoms with Gasteiger partial charge in [-0.25, -0.2) is 4.98 Å². The number of rotatable bonds is 3. The number of hydrogen-bond acceptors (Lipinski definition) is 5. The fourth-order valence-electron chi connectivity index (χ4n) is 1.61. The smallest absolute Gasteiger partial charge is 0.250 e. The van der Waals surface area contributed by atoms with Crippen LogP contribution in [0.3, 0.4) is 0 Å². The number of ether oxygens (including phenoxy) is 1. The van der Waals surface area contributed by atoms with Crippen LogP contribution < -0.4 is 10.1 Å². The van der Waals surface area contributed by atoms with E-state index < -0.39 is 0 Å². The van der Waals surface area contributed by atoms with Gasteiger partial charge in [0, 0.05) is 12.1 Å². The lowest BCUT2D eigenvalue weighted by molar-refractivity contribution is 0.468. The third kappa shape index (κ3) is 2.30. The van der Waals surface area contributed by atoms with E-state index in [9.17, 15) is 0 Å². The second-order valence-corrected chi connectivity index (χ2v) is 4.20. The molecular weight excluding hydrogens is 266 g/mol. The molecule has 1 aromatic carbocycles. The summed E-state index contributed by atoms with van der Waals surface area (Å²) >= 11 is 5.83. The lowest BCUT2D eigenvalue weighted by Crippen LogP contribution is -1.99. The SMILES string of the molecule is CNc1nc(Oc2ccc(Cl)cc2)c2[nH]cnc2n1. The van der Waals surface area contributed by atoms with Crippen LogP contribution in [0.2, 0.25) is 5.02 Å². The number of nitrogens with one attached hydrogen (secondary N) is 2. The lowest BCUT2D eigenvalue weighted by Gasteiger charge is -2.07. The van der Waals surface area contributed by atoms with E-state index in [1.54, 1.807) is 37.6 Å². The van der Waals surface area contributed by atoms with Crippen molar-refractivity contribution in [2.75, 3.05) is 12.4 Å². The number of aromatic nitrogens is 4. The van der Waals surface area contributed by atoms with Crippen molar-refractivity contribution in [1.29, 1.82) is 0 Å². The summed E-state index contributed by atoms with van der Waals surface area (Å²) in [5.41, 5.74) is 1.19.